The molecule has 1 aromatic heterocycles. The molecule has 1 heterocycles. The molecule has 1 aromatic rings. The number of pyridine rings is 1. The van der Waals surface area contributed by atoms with Gasteiger partial charge in [-0.25, -0.2) is 4.98 Å². The SMILES string of the molecule is CCCCN(C)C(=NC)NCc1ccc(OC)nc1.I. The quantitative estimate of drug-likeness (QED) is 0.459. The van der Waals surface area contributed by atoms with E-state index in [1.807, 2.05) is 18.3 Å². The van der Waals surface area contributed by atoms with Crippen molar-refractivity contribution >= 4 is 29.9 Å². The molecular weight excluding hydrogens is 367 g/mol. The molecule has 0 aromatic carbocycles. The van der Waals surface area contributed by atoms with E-state index in [-0.39, 0.29) is 24.0 Å². The zero-order valence-electron chi connectivity index (χ0n) is 12.7. The number of nitrogens with zero attached hydrogens (tertiary/aromatic N) is 3. The number of ether oxygens (including phenoxy) is 1. The molecule has 0 saturated carbocycles. The van der Waals surface area contributed by atoms with Crippen LogP contribution in [-0.2, 0) is 6.54 Å². The van der Waals surface area contributed by atoms with Crippen LogP contribution in [0.25, 0.3) is 0 Å². The molecule has 0 saturated heterocycles. The first kappa shape index (κ1) is 18.9. The lowest BCUT2D eigenvalue weighted by Crippen LogP contribution is -2.38. The van der Waals surface area contributed by atoms with E-state index in [4.69, 9.17) is 4.74 Å². The molecule has 0 spiro atoms. The lowest BCUT2D eigenvalue weighted by molar-refractivity contribution is 0.397. The molecule has 1 N–H and O–H groups in total. The molecular formula is C14H25IN4O. The second-order valence-electron chi connectivity index (χ2n) is 4.38. The largest absolute Gasteiger partial charge is 0.481 e. The number of rotatable bonds is 6. The molecule has 6 heteroatoms. The normalized spacial score (nSPS) is 10.7. The molecule has 0 aliphatic heterocycles. The van der Waals surface area contributed by atoms with E-state index < -0.39 is 0 Å². The summed E-state index contributed by atoms with van der Waals surface area (Å²) in [6.07, 6.45) is 4.16. The van der Waals surface area contributed by atoms with Crippen molar-refractivity contribution < 1.29 is 4.74 Å². The van der Waals surface area contributed by atoms with E-state index in [0.717, 1.165) is 18.1 Å². The Bertz CT molecular complexity index is 395. The Kier molecular flexibility index (Phi) is 10.1. The van der Waals surface area contributed by atoms with E-state index >= 15 is 0 Å². The summed E-state index contributed by atoms with van der Waals surface area (Å²) in [5, 5.41) is 3.33. The first-order valence-electron chi connectivity index (χ1n) is 6.62. The third-order valence-electron chi connectivity index (χ3n) is 2.88. The molecule has 0 unspecified atom stereocenters. The van der Waals surface area contributed by atoms with Gasteiger partial charge in [0.1, 0.15) is 0 Å². The highest BCUT2D eigenvalue weighted by atomic mass is 127. The van der Waals surface area contributed by atoms with Crippen molar-refractivity contribution in [2.24, 2.45) is 4.99 Å². The lowest BCUT2D eigenvalue weighted by atomic mass is 10.3. The van der Waals surface area contributed by atoms with Gasteiger partial charge in [0.25, 0.3) is 0 Å². The minimum atomic E-state index is 0. The summed E-state index contributed by atoms with van der Waals surface area (Å²) < 4.78 is 5.03. The van der Waals surface area contributed by atoms with Crippen molar-refractivity contribution in [3.63, 3.8) is 0 Å². The smallest absolute Gasteiger partial charge is 0.212 e. The van der Waals surface area contributed by atoms with Gasteiger partial charge in [-0.3, -0.25) is 4.99 Å². The van der Waals surface area contributed by atoms with Gasteiger partial charge in [0.2, 0.25) is 5.88 Å². The second kappa shape index (κ2) is 10.7. The van der Waals surface area contributed by atoms with E-state index in [1.165, 1.54) is 12.8 Å². The standard InChI is InChI=1S/C14H24N4O.HI/c1-5-6-9-18(3)14(15-2)17-11-12-7-8-13(19-4)16-10-12;/h7-8,10H,5-6,9,11H2,1-4H3,(H,15,17);1H. The number of halogens is 1. The van der Waals surface area contributed by atoms with Crippen molar-refractivity contribution in [3.05, 3.63) is 23.9 Å². The molecule has 114 valence electrons. The third-order valence-corrected chi connectivity index (χ3v) is 2.88. The number of aliphatic imine (C=N–C) groups is 1. The first-order chi connectivity index (χ1) is 9.21. The Balaban J connectivity index is 0.00000361. The van der Waals surface area contributed by atoms with Gasteiger partial charge in [-0.2, -0.15) is 0 Å². The summed E-state index contributed by atoms with van der Waals surface area (Å²) >= 11 is 0. The Labute approximate surface area is 138 Å². The van der Waals surface area contributed by atoms with Crippen LogP contribution < -0.4 is 10.1 Å². The summed E-state index contributed by atoms with van der Waals surface area (Å²) in [7, 11) is 5.47. The van der Waals surface area contributed by atoms with Gasteiger partial charge in [-0.15, -0.1) is 24.0 Å². The van der Waals surface area contributed by atoms with Crippen LogP contribution in [0.5, 0.6) is 5.88 Å². The van der Waals surface area contributed by atoms with Crippen molar-refractivity contribution in [2.75, 3.05) is 27.7 Å². The predicted molar refractivity (Wildman–Crippen MR) is 93.9 cm³/mol. The third kappa shape index (κ3) is 6.40. The molecule has 0 atom stereocenters. The van der Waals surface area contributed by atoms with E-state index in [9.17, 15) is 0 Å². The molecule has 5 nitrogen and oxygen atoms in total. The number of aromatic nitrogens is 1. The molecule has 1 rings (SSSR count). The molecule has 0 amide bonds. The van der Waals surface area contributed by atoms with Crippen molar-refractivity contribution in [1.29, 1.82) is 0 Å². The first-order valence-corrected chi connectivity index (χ1v) is 6.62. The molecule has 0 radical (unpaired) electrons. The van der Waals surface area contributed by atoms with E-state index in [0.29, 0.717) is 12.4 Å². The van der Waals surface area contributed by atoms with Crippen LogP contribution in [0, 0.1) is 0 Å². The maximum atomic E-state index is 5.03. The number of guanidine groups is 1. The van der Waals surface area contributed by atoms with E-state index in [2.05, 4.69) is 34.2 Å². The van der Waals surface area contributed by atoms with Crippen LogP contribution in [0.1, 0.15) is 25.3 Å². The average molecular weight is 392 g/mol. The Morgan fingerprint density at radius 3 is 2.70 bits per heavy atom. The molecule has 0 aliphatic rings. The second-order valence-corrected chi connectivity index (χ2v) is 4.38. The lowest BCUT2D eigenvalue weighted by Gasteiger charge is -2.21. The summed E-state index contributed by atoms with van der Waals surface area (Å²) in [5.41, 5.74) is 1.10. The highest BCUT2D eigenvalue weighted by molar-refractivity contribution is 14.0. The van der Waals surface area contributed by atoms with Gasteiger partial charge in [0.05, 0.1) is 7.11 Å². The summed E-state index contributed by atoms with van der Waals surface area (Å²) in [6.45, 7) is 3.91. The van der Waals surface area contributed by atoms with Crippen LogP contribution >= 0.6 is 24.0 Å². The van der Waals surface area contributed by atoms with E-state index in [1.54, 1.807) is 14.2 Å². The van der Waals surface area contributed by atoms with Crippen LogP contribution in [-0.4, -0.2) is 43.6 Å². The van der Waals surface area contributed by atoms with Crippen molar-refractivity contribution in [1.82, 2.24) is 15.2 Å². The van der Waals surface area contributed by atoms with Crippen LogP contribution in [0.15, 0.2) is 23.3 Å². The molecule has 0 aliphatic carbocycles. The van der Waals surface area contributed by atoms with Gasteiger partial charge < -0.3 is 15.0 Å². The summed E-state index contributed by atoms with van der Waals surface area (Å²) in [4.78, 5) is 10.6. The monoisotopic (exact) mass is 392 g/mol. The number of nitrogens with one attached hydrogen (secondary N) is 1. The van der Waals surface area contributed by atoms with Crippen molar-refractivity contribution in [3.8, 4) is 5.88 Å². The molecule has 0 bridgehead atoms. The molecule has 0 fully saturated rings. The minimum absolute atomic E-state index is 0. The maximum absolute atomic E-state index is 5.03. The number of hydrogen-bond donors (Lipinski definition) is 1. The summed E-state index contributed by atoms with van der Waals surface area (Å²) in [5.74, 6) is 1.54. The predicted octanol–water partition coefficient (Wildman–Crippen LogP) is 2.52. The Hall–Kier alpha value is -1.05. The van der Waals surface area contributed by atoms with Crippen LogP contribution in [0.3, 0.4) is 0 Å². The zero-order chi connectivity index (χ0) is 14.1. The zero-order valence-corrected chi connectivity index (χ0v) is 15.0. The highest BCUT2D eigenvalue weighted by Crippen LogP contribution is 2.06. The fourth-order valence-electron chi connectivity index (χ4n) is 1.70. The molecule has 20 heavy (non-hydrogen) atoms. The fraction of sp³-hybridized carbons (Fsp3) is 0.571. The van der Waals surface area contributed by atoms with Gasteiger partial charge in [0, 0.05) is 39.4 Å². The van der Waals surface area contributed by atoms with Gasteiger partial charge in [-0.1, -0.05) is 19.4 Å². The number of hydrogen-bond acceptors (Lipinski definition) is 3. The van der Waals surface area contributed by atoms with Gasteiger partial charge in [0.15, 0.2) is 5.96 Å². The van der Waals surface area contributed by atoms with Crippen LogP contribution in [0.2, 0.25) is 0 Å². The average Bonchev–Trinajstić information content (AvgIpc) is 2.46. The number of methoxy groups -OCH3 is 1. The van der Waals surface area contributed by atoms with Crippen LogP contribution in [0.4, 0.5) is 0 Å². The Morgan fingerprint density at radius 2 is 2.20 bits per heavy atom. The van der Waals surface area contributed by atoms with Gasteiger partial charge in [-0.05, 0) is 12.0 Å². The minimum Gasteiger partial charge on any atom is -0.481 e. The summed E-state index contributed by atoms with van der Waals surface area (Å²) in [6, 6.07) is 3.86. The fourth-order valence-corrected chi connectivity index (χ4v) is 1.70. The van der Waals surface area contributed by atoms with Crippen molar-refractivity contribution in [2.45, 2.75) is 26.3 Å². The van der Waals surface area contributed by atoms with Gasteiger partial charge >= 0.3 is 0 Å². The topological polar surface area (TPSA) is 49.8 Å². The Morgan fingerprint density at radius 1 is 1.45 bits per heavy atom. The number of unbranched alkanes of at least 4 members (excludes halogenated alkanes) is 1. The maximum Gasteiger partial charge on any atom is 0.212 e. The highest BCUT2D eigenvalue weighted by Gasteiger charge is 2.04.